The summed E-state index contributed by atoms with van der Waals surface area (Å²) >= 11 is 0. The molecule has 3 rings (SSSR count). The average Bonchev–Trinajstić information content (AvgIpc) is 2.95. The summed E-state index contributed by atoms with van der Waals surface area (Å²) < 4.78 is 5.08. The molecule has 3 unspecified atom stereocenters. The monoisotopic (exact) mass is 352 g/mol. The lowest BCUT2D eigenvalue weighted by molar-refractivity contribution is -0.149. The first-order valence-electron chi connectivity index (χ1n) is 9.50. The molecule has 7 nitrogen and oxygen atoms in total. The second-order valence-electron chi connectivity index (χ2n) is 7.94. The normalized spacial score (nSPS) is 36.7. The van der Waals surface area contributed by atoms with Crippen molar-refractivity contribution in [2.24, 2.45) is 5.92 Å². The molecule has 0 bridgehead atoms. The van der Waals surface area contributed by atoms with Crippen LogP contribution in [-0.2, 0) is 14.3 Å². The highest BCUT2D eigenvalue weighted by Gasteiger charge is 2.44. The summed E-state index contributed by atoms with van der Waals surface area (Å²) in [7, 11) is 3.63. The van der Waals surface area contributed by atoms with Crippen molar-refractivity contribution in [1.82, 2.24) is 20.4 Å². The smallest absolute Gasteiger partial charge is 0.323 e. The number of nitrogens with zero attached hydrogens (tertiary/aromatic N) is 2. The Bertz CT molecular complexity index is 493. The molecule has 7 heteroatoms. The molecular formula is C18H32N4O3. The van der Waals surface area contributed by atoms with E-state index in [1.54, 1.807) is 6.92 Å². The van der Waals surface area contributed by atoms with Gasteiger partial charge in [-0.3, -0.25) is 24.7 Å². The number of ether oxygens (including phenoxy) is 1. The van der Waals surface area contributed by atoms with Crippen LogP contribution in [0, 0.1) is 5.92 Å². The van der Waals surface area contributed by atoms with E-state index in [9.17, 15) is 9.59 Å². The molecule has 25 heavy (non-hydrogen) atoms. The van der Waals surface area contributed by atoms with Crippen molar-refractivity contribution in [1.29, 1.82) is 0 Å². The van der Waals surface area contributed by atoms with Crippen molar-refractivity contribution in [3.8, 4) is 0 Å². The summed E-state index contributed by atoms with van der Waals surface area (Å²) in [6.45, 7) is 4.34. The van der Waals surface area contributed by atoms with Crippen LogP contribution in [0.5, 0.6) is 0 Å². The van der Waals surface area contributed by atoms with E-state index in [1.807, 2.05) is 0 Å². The minimum atomic E-state index is -0.140. The molecule has 2 saturated heterocycles. The maximum Gasteiger partial charge on any atom is 0.323 e. The van der Waals surface area contributed by atoms with Gasteiger partial charge in [0.25, 0.3) is 0 Å². The van der Waals surface area contributed by atoms with Crippen LogP contribution in [0.3, 0.4) is 0 Å². The van der Waals surface area contributed by atoms with Gasteiger partial charge in [0, 0.05) is 44.8 Å². The van der Waals surface area contributed by atoms with Crippen molar-refractivity contribution < 1.29 is 14.3 Å². The van der Waals surface area contributed by atoms with Gasteiger partial charge >= 0.3 is 5.97 Å². The second kappa shape index (κ2) is 8.01. The molecule has 3 aliphatic rings. The number of esters is 1. The number of carbonyl (C=O) groups excluding carboxylic acids is 2. The quantitative estimate of drug-likeness (QED) is 0.702. The van der Waals surface area contributed by atoms with Crippen LogP contribution in [-0.4, -0.2) is 79.8 Å². The predicted molar refractivity (Wildman–Crippen MR) is 94.9 cm³/mol. The first-order chi connectivity index (χ1) is 12.0. The molecule has 3 atom stereocenters. The summed E-state index contributed by atoms with van der Waals surface area (Å²) in [5.74, 6) is 0.545. The zero-order valence-electron chi connectivity index (χ0n) is 15.7. The largest absolute Gasteiger partial charge is 0.468 e. The van der Waals surface area contributed by atoms with Crippen molar-refractivity contribution in [3.63, 3.8) is 0 Å². The Balaban J connectivity index is 1.59. The summed E-state index contributed by atoms with van der Waals surface area (Å²) in [5, 5.41) is 6.55. The van der Waals surface area contributed by atoms with E-state index >= 15 is 0 Å². The maximum absolute atomic E-state index is 12.3. The average molecular weight is 352 g/mol. The molecule has 2 N–H and O–H groups in total. The van der Waals surface area contributed by atoms with Crippen LogP contribution in [0.15, 0.2) is 0 Å². The van der Waals surface area contributed by atoms with Gasteiger partial charge in [0.15, 0.2) is 0 Å². The number of piperidine rings is 1. The number of fused-ring (bicyclic) bond motifs is 1. The highest BCUT2D eigenvalue weighted by Crippen LogP contribution is 2.30. The molecule has 0 spiro atoms. The van der Waals surface area contributed by atoms with E-state index in [0.29, 0.717) is 24.0 Å². The van der Waals surface area contributed by atoms with Crippen molar-refractivity contribution in [3.05, 3.63) is 0 Å². The third-order valence-corrected chi connectivity index (χ3v) is 6.19. The van der Waals surface area contributed by atoms with Crippen LogP contribution in [0.4, 0.5) is 0 Å². The second-order valence-corrected chi connectivity index (χ2v) is 7.94. The van der Waals surface area contributed by atoms with E-state index in [0.717, 1.165) is 51.9 Å². The molecule has 2 heterocycles. The van der Waals surface area contributed by atoms with E-state index in [-0.39, 0.29) is 17.9 Å². The van der Waals surface area contributed by atoms with Gasteiger partial charge < -0.3 is 10.1 Å². The molecule has 0 radical (unpaired) electrons. The zero-order chi connectivity index (χ0) is 18.0. The number of hydrogen-bond donors (Lipinski definition) is 2. The predicted octanol–water partition coefficient (Wildman–Crippen LogP) is 0.158. The van der Waals surface area contributed by atoms with Gasteiger partial charge in [0.2, 0.25) is 5.91 Å². The Hall–Kier alpha value is -1.18. The number of rotatable bonds is 4. The van der Waals surface area contributed by atoms with Crippen LogP contribution in [0.2, 0.25) is 0 Å². The molecule has 0 aromatic carbocycles. The van der Waals surface area contributed by atoms with E-state index in [1.165, 1.54) is 7.11 Å². The molecular weight excluding hydrogens is 320 g/mol. The van der Waals surface area contributed by atoms with Crippen LogP contribution >= 0.6 is 0 Å². The Labute approximate surface area is 150 Å². The Morgan fingerprint density at radius 1 is 1.24 bits per heavy atom. The Kier molecular flexibility index (Phi) is 5.96. The van der Waals surface area contributed by atoms with E-state index < -0.39 is 0 Å². The molecule has 1 aliphatic carbocycles. The van der Waals surface area contributed by atoms with Crippen molar-refractivity contribution in [2.45, 2.75) is 63.2 Å². The summed E-state index contributed by atoms with van der Waals surface area (Å²) in [4.78, 5) is 28.2. The number of methoxy groups -OCH3 is 1. The summed E-state index contributed by atoms with van der Waals surface area (Å²) in [6, 6.07) is 1.02. The Morgan fingerprint density at radius 2 is 1.96 bits per heavy atom. The van der Waals surface area contributed by atoms with Crippen LogP contribution in [0.1, 0.15) is 39.0 Å². The fraction of sp³-hybridized carbons (Fsp3) is 0.889. The number of carbonyl (C=O) groups is 2. The molecule has 1 amide bonds. The number of likely N-dealkylation sites (tertiary alicyclic amines) is 1. The fourth-order valence-electron chi connectivity index (χ4n) is 4.78. The summed E-state index contributed by atoms with van der Waals surface area (Å²) in [6.07, 6.45) is 5.11. The third kappa shape index (κ3) is 4.33. The minimum absolute atomic E-state index is 0.0630. The topological polar surface area (TPSA) is 73.9 Å². The zero-order valence-corrected chi connectivity index (χ0v) is 15.7. The first-order valence-corrected chi connectivity index (χ1v) is 9.50. The highest BCUT2D eigenvalue weighted by atomic mass is 16.5. The van der Waals surface area contributed by atoms with Gasteiger partial charge in [-0.1, -0.05) is 0 Å². The molecule has 142 valence electrons. The molecule has 0 aromatic heterocycles. The summed E-state index contributed by atoms with van der Waals surface area (Å²) in [5.41, 5.74) is 0. The lowest BCUT2D eigenvalue weighted by Gasteiger charge is -2.43. The molecule has 0 aromatic rings. The number of hydrogen-bond acceptors (Lipinski definition) is 6. The lowest BCUT2D eigenvalue weighted by Crippen LogP contribution is -2.59. The van der Waals surface area contributed by atoms with Crippen molar-refractivity contribution >= 4 is 11.9 Å². The van der Waals surface area contributed by atoms with Crippen molar-refractivity contribution in [2.75, 3.05) is 33.9 Å². The standard InChI is InChI=1S/C18H32N4O3/c1-12(23)20-14-6-4-13(5-7-14)9-22-10-17-15(19-11-21(17)2)8-16(22)18(24)25-3/h13-17,19H,4-11H2,1-3H3,(H,20,23). The molecule has 2 aliphatic heterocycles. The highest BCUT2D eigenvalue weighted by molar-refractivity contribution is 5.76. The number of amides is 1. The molecule has 3 fully saturated rings. The van der Waals surface area contributed by atoms with Gasteiger partial charge in [-0.2, -0.15) is 0 Å². The lowest BCUT2D eigenvalue weighted by atomic mass is 9.84. The third-order valence-electron chi connectivity index (χ3n) is 6.19. The van der Waals surface area contributed by atoms with Gasteiger partial charge in [-0.25, -0.2) is 0 Å². The van der Waals surface area contributed by atoms with Gasteiger partial charge in [0.05, 0.1) is 7.11 Å². The Morgan fingerprint density at radius 3 is 2.60 bits per heavy atom. The van der Waals surface area contributed by atoms with Gasteiger partial charge in [0.1, 0.15) is 6.04 Å². The minimum Gasteiger partial charge on any atom is -0.468 e. The maximum atomic E-state index is 12.3. The number of likely N-dealkylation sites (N-methyl/N-ethyl adjacent to an activating group) is 1. The number of nitrogens with one attached hydrogen (secondary N) is 2. The molecule has 1 saturated carbocycles. The van der Waals surface area contributed by atoms with Crippen LogP contribution in [0.25, 0.3) is 0 Å². The van der Waals surface area contributed by atoms with Gasteiger partial charge in [-0.05, 0) is 45.1 Å². The van der Waals surface area contributed by atoms with E-state index in [4.69, 9.17) is 4.74 Å². The van der Waals surface area contributed by atoms with Crippen LogP contribution < -0.4 is 10.6 Å². The van der Waals surface area contributed by atoms with E-state index in [2.05, 4.69) is 27.5 Å². The SMILES string of the molecule is COC(=O)C1CC2NCN(C)C2CN1CC1CCC(NC(C)=O)CC1. The fourth-order valence-corrected chi connectivity index (χ4v) is 4.78. The first kappa shape index (κ1) is 18.6. The van der Waals surface area contributed by atoms with Gasteiger partial charge in [-0.15, -0.1) is 0 Å².